The predicted octanol–water partition coefficient (Wildman–Crippen LogP) is 2.48. The molecule has 18 heavy (non-hydrogen) atoms. The molecular weight excluding hydrogens is 224 g/mol. The average Bonchev–Trinajstić information content (AvgIpc) is 2.35. The molecule has 0 aromatic heterocycles. The number of hydrogen-bond acceptors (Lipinski definition) is 2. The number of carbonyl (C=O) groups is 1. The maximum Gasteiger partial charge on any atom is 0.242 e. The minimum Gasteiger partial charge on any atom is -0.368 e. The van der Waals surface area contributed by atoms with Crippen LogP contribution in [0.4, 0.5) is 0 Å². The molecule has 3 N–H and O–H groups in total. The number of nitrogens with one attached hydrogen (secondary N) is 1. The van der Waals surface area contributed by atoms with Crippen LogP contribution in [0.3, 0.4) is 0 Å². The lowest BCUT2D eigenvalue weighted by atomic mass is 9.84. The van der Waals surface area contributed by atoms with Crippen LogP contribution < -0.4 is 11.1 Å². The Morgan fingerprint density at radius 2 is 1.83 bits per heavy atom. The van der Waals surface area contributed by atoms with E-state index in [0.717, 1.165) is 31.4 Å². The van der Waals surface area contributed by atoms with Gasteiger partial charge in [0.05, 0.1) is 0 Å². The van der Waals surface area contributed by atoms with Crippen molar-refractivity contribution in [2.75, 3.05) is 6.54 Å². The molecular formula is C15H24N2O. The Morgan fingerprint density at radius 1 is 1.22 bits per heavy atom. The van der Waals surface area contributed by atoms with Crippen molar-refractivity contribution >= 4 is 5.91 Å². The highest BCUT2D eigenvalue weighted by Gasteiger charge is 2.36. The fourth-order valence-corrected chi connectivity index (χ4v) is 2.24. The van der Waals surface area contributed by atoms with Crippen molar-refractivity contribution in [1.29, 1.82) is 0 Å². The molecule has 0 heterocycles. The molecule has 3 nitrogen and oxygen atoms in total. The van der Waals surface area contributed by atoms with Gasteiger partial charge in [-0.25, -0.2) is 0 Å². The maximum atomic E-state index is 12.0. The molecule has 100 valence electrons. The fourth-order valence-electron chi connectivity index (χ4n) is 2.24. The summed E-state index contributed by atoms with van der Waals surface area (Å²) in [5.41, 5.74) is 7.10. The van der Waals surface area contributed by atoms with Crippen molar-refractivity contribution in [2.24, 2.45) is 5.73 Å². The van der Waals surface area contributed by atoms with Crippen LogP contribution >= 0.6 is 0 Å². The van der Waals surface area contributed by atoms with Gasteiger partial charge in [0, 0.05) is 0 Å². The second-order valence-corrected chi connectivity index (χ2v) is 4.81. The number of nitrogens with two attached hydrogens (primary N) is 1. The second-order valence-electron chi connectivity index (χ2n) is 4.81. The van der Waals surface area contributed by atoms with Gasteiger partial charge < -0.3 is 5.73 Å². The highest BCUT2D eigenvalue weighted by molar-refractivity contribution is 5.86. The van der Waals surface area contributed by atoms with Gasteiger partial charge in [-0.3, -0.25) is 10.1 Å². The summed E-state index contributed by atoms with van der Waals surface area (Å²) in [5, 5.41) is 3.34. The molecule has 1 unspecified atom stereocenters. The molecule has 0 fully saturated rings. The van der Waals surface area contributed by atoms with Gasteiger partial charge in [0.1, 0.15) is 5.54 Å². The van der Waals surface area contributed by atoms with Gasteiger partial charge in [0.15, 0.2) is 0 Å². The number of primary amides is 1. The number of amides is 1. The van der Waals surface area contributed by atoms with E-state index in [9.17, 15) is 4.79 Å². The van der Waals surface area contributed by atoms with Crippen molar-refractivity contribution in [3.8, 4) is 0 Å². The molecule has 0 saturated carbocycles. The molecule has 0 aliphatic rings. The van der Waals surface area contributed by atoms with Gasteiger partial charge in [-0.2, -0.15) is 0 Å². The SMILES string of the molecule is CCCNC(CCC)(C(N)=O)c1ccc(C)cc1. The molecule has 1 amide bonds. The van der Waals surface area contributed by atoms with Crippen LogP contribution in [0.2, 0.25) is 0 Å². The topological polar surface area (TPSA) is 55.1 Å². The molecule has 0 spiro atoms. The van der Waals surface area contributed by atoms with E-state index in [4.69, 9.17) is 5.73 Å². The van der Waals surface area contributed by atoms with E-state index in [0.29, 0.717) is 0 Å². The van der Waals surface area contributed by atoms with Crippen LogP contribution in [-0.2, 0) is 10.3 Å². The molecule has 3 heteroatoms. The molecule has 1 rings (SSSR count). The number of carbonyl (C=O) groups excluding carboxylic acids is 1. The van der Waals surface area contributed by atoms with E-state index in [2.05, 4.69) is 19.2 Å². The van der Waals surface area contributed by atoms with Crippen molar-refractivity contribution in [2.45, 2.75) is 45.6 Å². The Labute approximate surface area is 110 Å². The van der Waals surface area contributed by atoms with Crippen LogP contribution in [0.5, 0.6) is 0 Å². The number of hydrogen-bond donors (Lipinski definition) is 2. The van der Waals surface area contributed by atoms with Gasteiger partial charge >= 0.3 is 0 Å². The van der Waals surface area contributed by atoms with Crippen LogP contribution in [0, 0.1) is 6.92 Å². The molecule has 1 aromatic rings. The largest absolute Gasteiger partial charge is 0.368 e. The lowest BCUT2D eigenvalue weighted by molar-refractivity contribution is -0.125. The predicted molar refractivity (Wildman–Crippen MR) is 75.3 cm³/mol. The Morgan fingerprint density at radius 3 is 2.28 bits per heavy atom. The summed E-state index contributed by atoms with van der Waals surface area (Å²) in [7, 11) is 0. The molecule has 1 atom stereocenters. The molecule has 0 bridgehead atoms. The van der Waals surface area contributed by atoms with E-state index >= 15 is 0 Å². The monoisotopic (exact) mass is 248 g/mol. The first-order valence-electron chi connectivity index (χ1n) is 6.69. The van der Waals surface area contributed by atoms with Crippen LogP contribution in [-0.4, -0.2) is 12.5 Å². The first kappa shape index (κ1) is 14.7. The molecule has 0 saturated heterocycles. The molecule has 0 radical (unpaired) electrons. The normalized spacial score (nSPS) is 14.2. The summed E-state index contributed by atoms with van der Waals surface area (Å²) in [6, 6.07) is 8.05. The quantitative estimate of drug-likeness (QED) is 0.779. The Bertz CT molecular complexity index is 386. The Balaban J connectivity index is 3.15. The minimum atomic E-state index is -0.724. The van der Waals surface area contributed by atoms with Crippen molar-refractivity contribution in [3.63, 3.8) is 0 Å². The van der Waals surface area contributed by atoms with E-state index in [-0.39, 0.29) is 5.91 Å². The number of benzene rings is 1. The Hall–Kier alpha value is -1.35. The van der Waals surface area contributed by atoms with Gasteiger partial charge in [0.2, 0.25) is 5.91 Å². The molecule has 0 aliphatic heterocycles. The zero-order chi connectivity index (χ0) is 13.6. The highest BCUT2D eigenvalue weighted by Crippen LogP contribution is 2.27. The maximum absolute atomic E-state index is 12.0. The summed E-state index contributed by atoms with van der Waals surface area (Å²) < 4.78 is 0. The number of rotatable bonds is 7. The van der Waals surface area contributed by atoms with Crippen LogP contribution in [0.15, 0.2) is 24.3 Å². The van der Waals surface area contributed by atoms with Gasteiger partial charge in [-0.05, 0) is 31.9 Å². The average molecular weight is 248 g/mol. The third kappa shape index (κ3) is 3.10. The lowest BCUT2D eigenvalue weighted by Crippen LogP contribution is -2.52. The fraction of sp³-hybridized carbons (Fsp3) is 0.533. The summed E-state index contributed by atoms with van der Waals surface area (Å²) in [6.45, 7) is 6.98. The lowest BCUT2D eigenvalue weighted by Gasteiger charge is -2.32. The first-order chi connectivity index (χ1) is 8.56. The van der Waals surface area contributed by atoms with Gasteiger partial charge in [-0.15, -0.1) is 0 Å². The summed E-state index contributed by atoms with van der Waals surface area (Å²) >= 11 is 0. The zero-order valence-electron chi connectivity index (χ0n) is 11.6. The van der Waals surface area contributed by atoms with Crippen molar-refractivity contribution < 1.29 is 4.79 Å². The van der Waals surface area contributed by atoms with Crippen molar-refractivity contribution in [1.82, 2.24) is 5.32 Å². The molecule has 1 aromatic carbocycles. The summed E-state index contributed by atoms with van der Waals surface area (Å²) in [6.07, 6.45) is 2.61. The first-order valence-corrected chi connectivity index (χ1v) is 6.69. The van der Waals surface area contributed by atoms with E-state index < -0.39 is 5.54 Å². The van der Waals surface area contributed by atoms with Crippen LogP contribution in [0.1, 0.15) is 44.2 Å². The summed E-state index contributed by atoms with van der Waals surface area (Å²) in [4.78, 5) is 12.0. The Kier molecular flexibility index (Phi) is 5.35. The van der Waals surface area contributed by atoms with Crippen LogP contribution in [0.25, 0.3) is 0 Å². The minimum absolute atomic E-state index is 0.290. The third-order valence-corrected chi connectivity index (χ3v) is 3.27. The highest BCUT2D eigenvalue weighted by atomic mass is 16.1. The van der Waals surface area contributed by atoms with E-state index in [1.54, 1.807) is 0 Å². The summed E-state index contributed by atoms with van der Waals surface area (Å²) in [5.74, 6) is -0.290. The van der Waals surface area contributed by atoms with Gasteiger partial charge in [-0.1, -0.05) is 50.1 Å². The van der Waals surface area contributed by atoms with Crippen molar-refractivity contribution in [3.05, 3.63) is 35.4 Å². The number of aryl methyl sites for hydroxylation is 1. The zero-order valence-corrected chi connectivity index (χ0v) is 11.6. The van der Waals surface area contributed by atoms with Gasteiger partial charge in [0.25, 0.3) is 0 Å². The van der Waals surface area contributed by atoms with E-state index in [1.807, 2.05) is 31.2 Å². The third-order valence-electron chi connectivity index (χ3n) is 3.27. The smallest absolute Gasteiger partial charge is 0.242 e. The second kappa shape index (κ2) is 6.55. The van der Waals surface area contributed by atoms with E-state index in [1.165, 1.54) is 5.56 Å². The molecule has 0 aliphatic carbocycles. The standard InChI is InChI=1S/C15H24N2O/c1-4-10-15(14(16)18,17-11-5-2)13-8-6-12(3)7-9-13/h6-9,17H,4-5,10-11H2,1-3H3,(H2,16,18).